The highest BCUT2D eigenvalue weighted by atomic mass is 16.3. The van der Waals surface area contributed by atoms with Crippen LogP contribution in [0.1, 0.15) is 31.4 Å². The van der Waals surface area contributed by atoms with Crippen LogP contribution in [0.2, 0.25) is 0 Å². The summed E-state index contributed by atoms with van der Waals surface area (Å²) in [6.45, 7) is 2.25. The molecule has 1 aromatic heterocycles. The minimum Gasteiger partial charge on any atom is -0.396 e. The quantitative estimate of drug-likeness (QED) is 0.830. The Morgan fingerprint density at radius 3 is 3.06 bits per heavy atom. The Labute approximate surface area is 96.3 Å². The number of aliphatic hydroxyl groups is 1. The van der Waals surface area contributed by atoms with Crippen LogP contribution in [0.4, 0.5) is 0 Å². The molecule has 0 spiro atoms. The Morgan fingerprint density at radius 1 is 1.38 bits per heavy atom. The first kappa shape index (κ1) is 11.5. The normalized spacial score (nSPS) is 22.2. The van der Waals surface area contributed by atoms with Gasteiger partial charge in [-0.3, -0.25) is 14.9 Å². The van der Waals surface area contributed by atoms with Gasteiger partial charge in [-0.1, -0.05) is 6.42 Å². The van der Waals surface area contributed by atoms with Crippen molar-refractivity contribution in [1.82, 2.24) is 14.9 Å². The van der Waals surface area contributed by atoms with E-state index in [4.69, 9.17) is 5.11 Å². The zero-order valence-corrected chi connectivity index (χ0v) is 9.55. The summed E-state index contributed by atoms with van der Waals surface area (Å²) in [6, 6.07) is 0.515. The molecule has 88 valence electrons. The SMILES string of the molecule is OCCC1CCCCN1Cc1cnccn1. The average molecular weight is 221 g/mol. The Balaban J connectivity index is 1.96. The molecule has 0 radical (unpaired) electrons. The predicted octanol–water partition coefficient (Wildman–Crippen LogP) is 1.21. The van der Waals surface area contributed by atoms with Gasteiger partial charge in [-0.15, -0.1) is 0 Å². The van der Waals surface area contributed by atoms with Crippen LogP contribution in [-0.4, -0.2) is 39.2 Å². The fourth-order valence-electron chi connectivity index (χ4n) is 2.36. The molecule has 2 rings (SSSR count). The van der Waals surface area contributed by atoms with Crippen LogP contribution in [0, 0.1) is 0 Å². The van der Waals surface area contributed by atoms with Crippen LogP contribution in [0.3, 0.4) is 0 Å². The minimum absolute atomic E-state index is 0.279. The lowest BCUT2D eigenvalue weighted by molar-refractivity contribution is 0.111. The van der Waals surface area contributed by atoms with Crippen molar-refractivity contribution in [3.8, 4) is 0 Å². The van der Waals surface area contributed by atoms with E-state index in [0.29, 0.717) is 6.04 Å². The predicted molar refractivity (Wildman–Crippen MR) is 61.8 cm³/mol. The summed E-state index contributed by atoms with van der Waals surface area (Å²) in [5.41, 5.74) is 1.02. The maximum atomic E-state index is 9.05. The van der Waals surface area contributed by atoms with Gasteiger partial charge in [0.05, 0.1) is 5.69 Å². The zero-order valence-electron chi connectivity index (χ0n) is 9.55. The molecule has 0 amide bonds. The van der Waals surface area contributed by atoms with Crippen molar-refractivity contribution in [3.63, 3.8) is 0 Å². The molecule has 0 bridgehead atoms. The third-order valence-corrected chi connectivity index (χ3v) is 3.19. The number of aromatic nitrogens is 2. The monoisotopic (exact) mass is 221 g/mol. The molecule has 0 aliphatic carbocycles. The smallest absolute Gasteiger partial charge is 0.0726 e. The first-order valence-electron chi connectivity index (χ1n) is 6.00. The number of likely N-dealkylation sites (tertiary alicyclic amines) is 1. The molecule has 1 aliphatic heterocycles. The number of hydrogen-bond donors (Lipinski definition) is 1. The number of piperidine rings is 1. The van der Waals surface area contributed by atoms with Crippen molar-refractivity contribution >= 4 is 0 Å². The molecule has 1 atom stereocenters. The third kappa shape index (κ3) is 3.00. The zero-order chi connectivity index (χ0) is 11.2. The van der Waals surface area contributed by atoms with Crippen molar-refractivity contribution < 1.29 is 5.11 Å². The van der Waals surface area contributed by atoms with Gasteiger partial charge in [0.25, 0.3) is 0 Å². The highest BCUT2D eigenvalue weighted by molar-refractivity contribution is 4.95. The Kier molecular flexibility index (Phi) is 4.25. The van der Waals surface area contributed by atoms with Gasteiger partial charge in [0.15, 0.2) is 0 Å². The molecule has 0 saturated carbocycles. The third-order valence-electron chi connectivity index (χ3n) is 3.19. The second-order valence-electron chi connectivity index (χ2n) is 4.33. The highest BCUT2D eigenvalue weighted by Crippen LogP contribution is 2.20. The molecule has 16 heavy (non-hydrogen) atoms. The van der Waals surface area contributed by atoms with E-state index in [0.717, 1.165) is 25.2 Å². The molecule has 2 heterocycles. The molecule has 1 aliphatic rings. The number of hydrogen-bond acceptors (Lipinski definition) is 4. The van der Waals surface area contributed by atoms with E-state index in [9.17, 15) is 0 Å². The van der Waals surface area contributed by atoms with Crippen molar-refractivity contribution in [1.29, 1.82) is 0 Å². The molecule has 1 N–H and O–H groups in total. The van der Waals surface area contributed by atoms with Crippen molar-refractivity contribution in [2.45, 2.75) is 38.3 Å². The molecule has 4 heteroatoms. The van der Waals surface area contributed by atoms with E-state index in [1.165, 1.54) is 19.3 Å². The summed E-state index contributed by atoms with van der Waals surface area (Å²) in [6.07, 6.45) is 9.86. The van der Waals surface area contributed by atoms with E-state index in [1.54, 1.807) is 12.4 Å². The molecule has 0 aromatic carbocycles. The fraction of sp³-hybridized carbons (Fsp3) is 0.667. The molecular formula is C12H19N3O. The molecule has 4 nitrogen and oxygen atoms in total. The summed E-state index contributed by atoms with van der Waals surface area (Å²) >= 11 is 0. The molecule has 1 aromatic rings. The van der Waals surface area contributed by atoms with Gasteiger partial charge in [-0.2, -0.15) is 0 Å². The summed E-state index contributed by atoms with van der Waals surface area (Å²) in [7, 11) is 0. The number of rotatable bonds is 4. The lowest BCUT2D eigenvalue weighted by atomic mass is 9.99. The van der Waals surface area contributed by atoms with Gasteiger partial charge in [-0.25, -0.2) is 0 Å². The van der Waals surface area contributed by atoms with Crippen LogP contribution < -0.4 is 0 Å². The van der Waals surface area contributed by atoms with Gasteiger partial charge in [0, 0.05) is 37.8 Å². The summed E-state index contributed by atoms with van der Waals surface area (Å²) < 4.78 is 0. The molecular weight excluding hydrogens is 202 g/mol. The van der Waals surface area contributed by atoms with Crippen molar-refractivity contribution in [3.05, 3.63) is 24.3 Å². The number of aliphatic hydroxyl groups excluding tert-OH is 1. The minimum atomic E-state index is 0.279. The maximum Gasteiger partial charge on any atom is 0.0726 e. The van der Waals surface area contributed by atoms with Crippen LogP contribution in [0.15, 0.2) is 18.6 Å². The summed E-state index contributed by atoms with van der Waals surface area (Å²) in [5.74, 6) is 0. The van der Waals surface area contributed by atoms with Gasteiger partial charge in [0.1, 0.15) is 0 Å². The Bertz CT molecular complexity index is 302. The maximum absolute atomic E-state index is 9.05. The van der Waals surface area contributed by atoms with Gasteiger partial charge < -0.3 is 5.11 Å². The fourth-order valence-corrected chi connectivity index (χ4v) is 2.36. The molecule has 1 fully saturated rings. The standard InChI is InChI=1S/C12H19N3O/c16-8-4-12-3-1-2-7-15(12)10-11-9-13-5-6-14-11/h5-6,9,12,16H,1-4,7-8,10H2. The Morgan fingerprint density at radius 2 is 2.31 bits per heavy atom. The topological polar surface area (TPSA) is 49.2 Å². The van der Waals surface area contributed by atoms with Crippen LogP contribution in [0.5, 0.6) is 0 Å². The van der Waals surface area contributed by atoms with E-state index < -0.39 is 0 Å². The van der Waals surface area contributed by atoms with Gasteiger partial charge in [0.2, 0.25) is 0 Å². The van der Waals surface area contributed by atoms with Crippen molar-refractivity contribution in [2.24, 2.45) is 0 Å². The lowest BCUT2D eigenvalue weighted by Crippen LogP contribution is -2.39. The highest BCUT2D eigenvalue weighted by Gasteiger charge is 2.21. The van der Waals surface area contributed by atoms with E-state index in [1.807, 2.05) is 6.20 Å². The van der Waals surface area contributed by atoms with Crippen molar-refractivity contribution in [2.75, 3.05) is 13.2 Å². The Hall–Kier alpha value is -1.00. The van der Waals surface area contributed by atoms with Gasteiger partial charge in [-0.05, 0) is 25.8 Å². The second kappa shape index (κ2) is 5.92. The van der Waals surface area contributed by atoms with Crippen LogP contribution in [-0.2, 0) is 6.54 Å². The largest absolute Gasteiger partial charge is 0.396 e. The van der Waals surface area contributed by atoms with E-state index in [2.05, 4.69) is 14.9 Å². The molecule has 1 unspecified atom stereocenters. The average Bonchev–Trinajstić information content (AvgIpc) is 2.33. The number of nitrogens with zero attached hydrogens (tertiary/aromatic N) is 3. The summed E-state index contributed by atoms with van der Waals surface area (Å²) in [5, 5.41) is 9.05. The first-order chi connectivity index (χ1) is 7.90. The van der Waals surface area contributed by atoms with Gasteiger partial charge >= 0.3 is 0 Å². The van der Waals surface area contributed by atoms with Crippen LogP contribution >= 0.6 is 0 Å². The van der Waals surface area contributed by atoms with E-state index >= 15 is 0 Å². The van der Waals surface area contributed by atoms with Crippen LogP contribution in [0.25, 0.3) is 0 Å². The summed E-state index contributed by atoms with van der Waals surface area (Å²) in [4.78, 5) is 10.8. The van der Waals surface area contributed by atoms with E-state index in [-0.39, 0.29) is 6.61 Å². The molecule has 1 saturated heterocycles. The lowest BCUT2D eigenvalue weighted by Gasteiger charge is -2.35. The first-order valence-corrected chi connectivity index (χ1v) is 6.00. The second-order valence-corrected chi connectivity index (χ2v) is 4.33.